The number of rotatable bonds is 3. The minimum atomic E-state index is 0.0750. The van der Waals surface area contributed by atoms with Crippen molar-refractivity contribution < 1.29 is 4.79 Å². The molecule has 2 nitrogen and oxygen atoms in total. The highest BCUT2D eigenvalue weighted by Crippen LogP contribution is 2.14. The largest absolute Gasteiger partial charge is 0.294 e. The Labute approximate surface area is 103 Å². The van der Waals surface area contributed by atoms with Crippen molar-refractivity contribution in [1.82, 2.24) is 4.98 Å². The molecule has 0 N–H and O–H groups in total. The highest BCUT2D eigenvalue weighted by Gasteiger charge is 2.09. The van der Waals surface area contributed by atoms with E-state index >= 15 is 0 Å². The van der Waals surface area contributed by atoms with E-state index in [0.717, 1.165) is 10.7 Å². The second-order valence-corrected chi connectivity index (χ2v) is 4.87. The van der Waals surface area contributed by atoms with Gasteiger partial charge >= 0.3 is 0 Å². The van der Waals surface area contributed by atoms with E-state index in [-0.39, 0.29) is 5.78 Å². The van der Waals surface area contributed by atoms with Gasteiger partial charge in [0, 0.05) is 21.7 Å². The van der Waals surface area contributed by atoms with Crippen LogP contribution < -0.4 is 0 Å². The van der Waals surface area contributed by atoms with E-state index in [1.165, 1.54) is 11.3 Å². The summed E-state index contributed by atoms with van der Waals surface area (Å²) in [4.78, 5) is 16.1. The van der Waals surface area contributed by atoms with E-state index in [0.29, 0.717) is 17.0 Å². The zero-order valence-corrected chi connectivity index (χ0v) is 10.3. The van der Waals surface area contributed by atoms with E-state index in [1.54, 1.807) is 24.3 Å². The van der Waals surface area contributed by atoms with Crippen LogP contribution in [0.2, 0.25) is 5.02 Å². The molecule has 0 spiro atoms. The van der Waals surface area contributed by atoms with E-state index in [4.69, 9.17) is 11.6 Å². The first kappa shape index (κ1) is 11.3. The molecule has 0 amide bonds. The quantitative estimate of drug-likeness (QED) is 0.781. The fraction of sp³-hybridized carbons (Fsp3) is 0.167. The molecule has 4 heteroatoms. The first-order valence-corrected chi connectivity index (χ1v) is 6.10. The fourth-order valence-corrected chi connectivity index (χ4v) is 2.26. The Bertz CT molecular complexity index is 504. The lowest BCUT2D eigenvalue weighted by Crippen LogP contribution is -2.02. The first-order valence-electron chi connectivity index (χ1n) is 4.85. The minimum Gasteiger partial charge on any atom is -0.294 e. The van der Waals surface area contributed by atoms with E-state index < -0.39 is 0 Å². The van der Waals surface area contributed by atoms with E-state index in [1.807, 2.05) is 12.3 Å². The molecule has 1 aromatic heterocycles. The van der Waals surface area contributed by atoms with Crippen molar-refractivity contribution in [2.75, 3.05) is 0 Å². The van der Waals surface area contributed by atoms with Gasteiger partial charge in [-0.2, -0.15) is 0 Å². The summed E-state index contributed by atoms with van der Waals surface area (Å²) >= 11 is 7.28. The molecular formula is C12H10ClNOS. The van der Waals surface area contributed by atoms with Crippen LogP contribution in [0.1, 0.15) is 21.1 Å². The SMILES string of the molecule is Cc1csc(CC(=O)c2ccc(Cl)cc2)n1. The summed E-state index contributed by atoms with van der Waals surface area (Å²) in [5, 5.41) is 3.45. The van der Waals surface area contributed by atoms with Gasteiger partial charge in [0.1, 0.15) is 5.01 Å². The lowest BCUT2D eigenvalue weighted by Gasteiger charge is -1.98. The standard InChI is InChI=1S/C12H10ClNOS/c1-8-7-16-12(14-8)6-11(15)9-2-4-10(13)5-3-9/h2-5,7H,6H2,1H3. The first-order chi connectivity index (χ1) is 7.65. The molecule has 0 saturated heterocycles. The molecule has 0 saturated carbocycles. The number of halogens is 1. The number of aromatic nitrogens is 1. The van der Waals surface area contributed by atoms with Crippen LogP contribution in [0, 0.1) is 6.92 Å². The summed E-state index contributed by atoms with van der Waals surface area (Å²) in [6.45, 7) is 1.92. The van der Waals surface area contributed by atoms with Gasteiger partial charge in [-0.1, -0.05) is 11.6 Å². The molecular weight excluding hydrogens is 242 g/mol. The Kier molecular flexibility index (Phi) is 3.36. The molecule has 0 radical (unpaired) electrons. The van der Waals surface area contributed by atoms with Gasteiger partial charge in [0.05, 0.1) is 6.42 Å². The van der Waals surface area contributed by atoms with Crippen molar-refractivity contribution in [3.8, 4) is 0 Å². The maximum absolute atomic E-state index is 11.9. The zero-order valence-electron chi connectivity index (χ0n) is 8.74. The molecule has 1 aromatic carbocycles. The van der Waals surface area contributed by atoms with E-state index in [9.17, 15) is 4.79 Å². The summed E-state index contributed by atoms with van der Waals surface area (Å²) < 4.78 is 0. The van der Waals surface area contributed by atoms with Crippen molar-refractivity contribution in [1.29, 1.82) is 0 Å². The number of benzene rings is 1. The van der Waals surface area contributed by atoms with Gasteiger partial charge in [-0.15, -0.1) is 11.3 Å². The molecule has 2 aromatic rings. The van der Waals surface area contributed by atoms with Crippen molar-refractivity contribution in [2.45, 2.75) is 13.3 Å². The highest BCUT2D eigenvalue weighted by molar-refractivity contribution is 7.09. The molecule has 0 fully saturated rings. The van der Waals surface area contributed by atoms with Crippen molar-refractivity contribution in [3.05, 3.63) is 50.9 Å². The number of carbonyl (C=O) groups excluding carboxylic acids is 1. The molecule has 1 heterocycles. The zero-order chi connectivity index (χ0) is 11.5. The number of hydrogen-bond donors (Lipinski definition) is 0. The fourth-order valence-electron chi connectivity index (χ4n) is 1.36. The summed E-state index contributed by atoms with van der Waals surface area (Å²) in [6, 6.07) is 6.93. The Morgan fingerprint density at radius 3 is 2.62 bits per heavy atom. The summed E-state index contributed by atoms with van der Waals surface area (Å²) in [6.07, 6.45) is 0.361. The summed E-state index contributed by atoms with van der Waals surface area (Å²) in [7, 11) is 0. The van der Waals surface area contributed by atoms with Gasteiger partial charge in [0.2, 0.25) is 0 Å². The second-order valence-electron chi connectivity index (χ2n) is 3.49. The number of thiazole rings is 1. The van der Waals surface area contributed by atoms with Gasteiger partial charge < -0.3 is 0 Å². The number of carbonyl (C=O) groups is 1. The van der Waals surface area contributed by atoms with Crippen LogP contribution in [0.25, 0.3) is 0 Å². The average molecular weight is 252 g/mol. The lowest BCUT2D eigenvalue weighted by molar-refractivity contribution is 0.0993. The van der Waals surface area contributed by atoms with Crippen molar-refractivity contribution in [2.24, 2.45) is 0 Å². The molecule has 0 atom stereocenters. The van der Waals surface area contributed by atoms with Crippen LogP contribution >= 0.6 is 22.9 Å². The number of aryl methyl sites for hydroxylation is 1. The Hall–Kier alpha value is -1.19. The highest BCUT2D eigenvalue weighted by atomic mass is 35.5. The van der Waals surface area contributed by atoms with Crippen LogP contribution in [0.5, 0.6) is 0 Å². The second kappa shape index (κ2) is 4.76. The van der Waals surface area contributed by atoms with Crippen LogP contribution in [0.15, 0.2) is 29.6 Å². The number of ketones is 1. The Balaban J connectivity index is 2.11. The van der Waals surface area contributed by atoms with Crippen LogP contribution in [0.4, 0.5) is 0 Å². The smallest absolute Gasteiger partial charge is 0.169 e. The number of hydrogen-bond acceptors (Lipinski definition) is 3. The van der Waals surface area contributed by atoms with Gasteiger partial charge in [-0.3, -0.25) is 4.79 Å². The summed E-state index contributed by atoms with van der Waals surface area (Å²) in [5.41, 5.74) is 1.64. The molecule has 82 valence electrons. The van der Waals surface area contributed by atoms with Crippen molar-refractivity contribution in [3.63, 3.8) is 0 Å². The summed E-state index contributed by atoms with van der Waals surface area (Å²) in [5.74, 6) is 0.0750. The third-order valence-corrected chi connectivity index (χ3v) is 3.36. The molecule has 0 aliphatic heterocycles. The van der Waals surface area contributed by atoms with Gasteiger partial charge in [-0.25, -0.2) is 4.98 Å². The average Bonchev–Trinajstić information content (AvgIpc) is 2.65. The number of Topliss-reactive ketones (excluding diaryl/α,β-unsaturated/α-hetero) is 1. The van der Waals surface area contributed by atoms with Gasteiger partial charge in [-0.05, 0) is 31.2 Å². The lowest BCUT2D eigenvalue weighted by atomic mass is 10.1. The molecule has 0 unspecified atom stereocenters. The molecule has 16 heavy (non-hydrogen) atoms. The normalized spacial score (nSPS) is 10.4. The van der Waals surface area contributed by atoms with Crippen molar-refractivity contribution >= 4 is 28.7 Å². The van der Waals surface area contributed by atoms with Gasteiger partial charge in [0.15, 0.2) is 5.78 Å². The van der Waals surface area contributed by atoms with Gasteiger partial charge in [0.25, 0.3) is 0 Å². The minimum absolute atomic E-state index is 0.0750. The number of nitrogens with zero attached hydrogens (tertiary/aromatic N) is 1. The monoisotopic (exact) mass is 251 g/mol. The molecule has 0 aliphatic carbocycles. The topological polar surface area (TPSA) is 30.0 Å². The van der Waals surface area contributed by atoms with Crippen LogP contribution in [-0.2, 0) is 6.42 Å². The molecule has 2 rings (SSSR count). The van der Waals surface area contributed by atoms with Crippen LogP contribution in [-0.4, -0.2) is 10.8 Å². The molecule has 0 bridgehead atoms. The Morgan fingerprint density at radius 1 is 1.38 bits per heavy atom. The third kappa shape index (κ3) is 2.68. The maximum Gasteiger partial charge on any atom is 0.169 e. The van der Waals surface area contributed by atoms with Crippen LogP contribution in [0.3, 0.4) is 0 Å². The Morgan fingerprint density at radius 2 is 2.06 bits per heavy atom. The third-order valence-electron chi connectivity index (χ3n) is 2.14. The predicted molar refractivity (Wildman–Crippen MR) is 66.3 cm³/mol. The predicted octanol–water partition coefficient (Wildman–Crippen LogP) is 3.53. The molecule has 0 aliphatic rings. The van der Waals surface area contributed by atoms with E-state index in [2.05, 4.69) is 4.98 Å². The maximum atomic E-state index is 11.9.